The third-order valence-electron chi connectivity index (χ3n) is 3.55. The number of rotatable bonds is 3. The van der Waals surface area contributed by atoms with Gasteiger partial charge in [-0.15, -0.1) is 23.1 Å². The van der Waals surface area contributed by atoms with Gasteiger partial charge >= 0.3 is 0 Å². The minimum Gasteiger partial charge on any atom is -0.390 e. The molecule has 104 valence electrons. The van der Waals surface area contributed by atoms with Crippen LogP contribution in [0.3, 0.4) is 0 Å². The van der Waals surface area contributed by atoms with E-state index in [0.29, 0.717) is 11.3 Å². The van der Waals surface area contributed by atoms with E-state index in [2.05, 4.69) is 5.32 Å². The fourth-order valence-corrected chi connectivity index (χ4v) is 4.23. The van der Waals surface area contributed by atoms with Crippen LogP contribution in [0.25, 0.3) is 0 Å². The summed E-state index contributed by atoms with van der Waals surface area (Å²) in [5.74, 6) is -0.106. The highest BCUT2D eigenvalue weighted by Gasteiger charge is 2.32. The summed E-state index contributed by atoms with van der Waals surface area (Å²) in [5.41, 5.74) is 2.14. The van der Waals surface area contributed by atoms with Crippen molar-refractivity contribution in [3.05, 3.63) is 51.7 Å². The molecule has 0 aliphatic heterocycles. The minimum absolute atomic E-state index is 0.106. The van der Waals surface area contributed by atoms with Crippen molar-refractivity contribution in [2.45, 2.75) is 23.5 Å². The largest absolute Gasteiger partial charge is 0.390 e. The molecule has 1 aromatic heterocycles. The van der Waals surface area contributed by atoms with Gasteiger partial charge in [-0.2, -0.15) is 0 Å². The monoisotopic (exact) mass is 305 g/mol. The average Bonchev–Trinajstić information content (AvgIpc) is 3.04. The van der Waals surface area contributed by atoms with Crippen LogP contribution >= 0.6 is 23.1 Å². The van der Waals surface area contributed by atoms with E-state index in [4.69, 9.17) is 0 Å². The molecule has 0 fully saturated rings. The number of carbonyl (C=O) groups is 1. The molecule has 20 heavy (non-hydrogen) atoms. The van der Waals surface area contributed by atoms with Gasteiger partial charge in [-0.1, -0.05) is 24.3 Å². The smallest absolute Gasteiger partial charge is 0.263 e. The Morgan fingerprint density at radius 1 is 1.40 bits per heavy atom. The van der Waals surface area contributed by atoms with Crippen LogP contribution in [0, 0.1) is 0 Å². The Balaban J connectivity index is 1.83. The van der Waals surface area contributed by atoms with Gasteiger partial charge in [0.05, 0.1) is 12.1 Å². The Bertz CT molecular complexity index is 638. The van der Waals surface area contributed by atoms with Crippen LogP contribution in [0.4, 0.5) is 0 Å². The molecule has 2 aromatic rings. The van der Waals surface area contributed by atoms with Crippen molar-refractivity contribution in [2.24, 2.45) is 0 Å². The zero-order valence-electron chi connectivity index (χ0n) is 11.0. The van der Waals surface area contributed by atoms with Gasteiger partial charge in [-0.05, 0) is 28.8 Å². The van der Waals surface area contributed by atoms with Crippen LogP contribution in [-0.2, 0) is 6.42 Å². The van der Waals surface area contributed by atoms with E-state index in [1.165, 1.54) is 11.3 Å². The van der Waals surface area contributed by atoms with Gasteiger partial charge in [0.2, 0.25) is 0 Å². The lowest BCUT2D eigenvalue weighted by Crippen LogP contribution is -2.33. The summed E-state index contributed by atoms with van der Waals surface area (Å²) in [6.07, 6.45) is 2.01. The van der Waals surface area contributed by atoms with Crippen molar-refractivity contribution >= 4 is 29.0 Å². The van der Waals surface area contributed by atoms with Crippen LogP contribution in [0.5, 0.6) is 0 Å². The molecule has 3 rings (SSSR count). The number of benzene rings is 1. The lowest BCUT2D eigenvalue weighted by atomic mass is 10.1. The summed E-state index contributed by atoms with van der Waals surface area (Å²) < 4.78 is 0. The minimum atomic E-state index is -0.547. The standard InChI is InChI=1S/C15H15NO2S2/c1-19-12-6-7-20-14(12)15(18)16-13-10-5-3-2-4-9(10)8-11(13)17/h2-7,11,13,17H,8H2,1H3,(H,16,18)/t11-,13+/m1/s1. The number of aliphatic hydroxyl groups is 1. The Labute approximate surface area is 126 Å². The maximum atomic E-state index is 12.4. The van der Waals surface area contributed by atoms with Crippen molar-refractivity contribution in [3.8, 4) is 0 Å². The maximum Gasteiger partial charge on any atom is 0.263 e. The Hall–Kier alpha value is -1.30. The van der Waals surface area contributed by atoms with E-state index in [-0.39, 0.29) is 11.9 Å². The number of fused-ring (bicyclic) bond motifs is 1. The fourth-order valence-electron chi connectivity index (χ4n) is 2.58. The van der Waals surface area contributed by atoms with Gasteiger partial charge in [0, 0.05) is 11.3 Å². The molecule has 1 heterocycles. The van der Waals surface area contributed by atoms with E-state index < -0.39 is 6.10 Å². The maximum absolute atomic E-state index is 12.4. The molecule has 2 N–H and O–H groups in total. The number of hydrogen-bond donors (Lipinski definition) is 2. The van der Waals surface area contributed by atoms with E-state index in [1.807, 2.05) is 42.0 Å². The number of hydrogen-bond acceptors (Lipinski definition) is 4. The molecular formula is C15H15NO2S2. The molecule has 3 nitrogen and oxygen atoms in total. The molecule has 1 aromatic carbocycles. The second kappa shape index (κ2) is 5.60. The lowest BCUT2D eigenvalue weighted by Gasteiger charge is -2.17. The fraction of sp³-hybridized carbons (Fsp3) is 0.267. The van der Waals surface area contributed by atoms with Crippen LogP contribution in [-0.4, -0.2) is 23.4 Å². The van der Waals surface area contributed by atoms with Gasteiger partial charge in [0.25, 0.3) is 5.91 Å². The lowest BCUT2D eigenvalue weighted by molar-refractivity contribution is 0.0859. The van der Waals surface area contributed by atoms with Crippen molar-refractivity contribution in [1.82, 2.24) is 5.32 Å². The third-order valence-corrected chi connectivity index (χ3v) is 5.37. The molecule has 5 heteroatoms. The van der Waals surface area contributed by atoms with Gasteiger partial charge in [-0.25, -0.2) is 0 Å². The molecule has 1 aliphatic rings. The highest BCUT2D eigenvalue weighted by Crippen LogP contribution is 2.32. The predicted molar refractivity (Wildman–Crippen MR) is 82.5 cm³/mol. The first-order valence-corrected chi connectivity index (χ1v) is 8.49. The van der Waals surface area contributed by atoms with Crippen LogP contribution in [0.15, 0.2) is 40.6 Å². The molecule has 0 spiro atoms. The first kappa shape index (κ1) is 13.7. The summed E-state index contributed by atoms with van der Waals surface area (Å²) in [4.78, 5) is 14.1. The van der Waals surface area contributed by atoms with E-state index in [1.54, 1.807) is 11.8 Å². The molecule has 0 radical (unpaired) electrons. The molecule has 1 amide bonds. The normalized spacial score (nSPS) is 20.7. The Kier molecular flexibility index (Phi) is 3.83. The zero-order chi connectivity index (χ0) is 14.1. The molecule has 0 saturated heterocycles. The van der Waals surface area contributed by atoms with Crippen LogP contribution in [0.2, 0.25) is 0 Å². The Morgan fingerprint density at radius 2 is 2.20 bits per heavy atom. The highest BCUT2D eigenvalue weighted by atomic mass is 32.2. The Morgan fingerprint density at radius 3 is 3.00 bits per heavy atom. The summed E-state index contributed by atoms with van der Waals surface area (Å²) in [7, 11) is 0. The van der Waals surface area contributed by atoms with Crippen molar-refractivity contribution in [2.75, 3.05) is 6.26 Å². The molecular weight excluding hydrogens is 290 g/mol. The first-order chi connectivity index (χ1) is 9.70. The predicted octanol–water partition coefficient (Wildman–Crippen LogP) is 2.86. The first-order valence-electron chi connectivity index (χ1n) is 6.39. The molecule has 0 unspecified atom stereocenters. The average molecular weight is 305 g/mol. The number of nitrogens with one attached hydrogen (secondary N) is 1. The van der Waals surface area contributed by atoms with Gasteiger partial charge in [-0.3, -0.25) is 4.79 Å². The number of thiophene rings is 1. The van der Waals surface area contributed by atoms with Crippen LogP contribution < -0.4 is 5.32 Å². The molecule has 1 aliphatic carbocycles. The summed E-state index contributed by atoms with van der Waals surface area (Å²) in [5, 5.41) is 15.1. The number of carbonyl (C=O) groups excluding carboxylic acids is 1. The SMILES string of the molecule is CSc1ccsc1C(=O)N[C@H]1c2ccccc2C[C@H]1O. The highest BCUT2D eigenvalue weighted by molar-refractivity contribution is 7.98. The van der Waals surface area contributed by atoms with E-state index in [0.717, 1.165) is 16.0 Å². The summed E-state index contributed by atoms with van der Waals surface area (Å²) >= 11 is 3.00. The van der Waals surface area contributed by atoms with Crippen LogP contribution in [0.1, 0.15) is 26.8 Å². The second-order valence-electron chi connectivity index (χ2n) is 4.74. The quantitative estimate of drug-likeness (QED) is 0.857. The number of amides is 1. The zero-order valence-corrected chi connectivity index (χ0v) is 12.6. The third kappa shape index (κ3) is 2.37. The van der Waals surface area contributed by atoms with Crippen molar-refractivity contribution < 1.29 is 9.90 Å². The summed E-state index contributed by atoms with van der Waals surface area (Å²) in [6.45, 7) is 0. The summed E-state index contributed by atoms with van der Waals surface area (Å²) in [6, 6.07) is 9.51. The van der Waals surface area contributed by atoms with Crippen molar-refractivity contribution in [1.29, 1.82) is 0 Å². The molecule has 0 bridgehead atoms. The van der Waals surface area contributed by atoms with Gasteiger partial charge in [0.15, 0.2) is 0 Å². The van der Waals surface area contributed by atoms with Crippen molar-refractivity contribution in [3.63, 3.8) is 0 Å². The molecule has 2 atom stereocenters. The van der Waals surface area contributed by atoms with Gasteiger partial charge in [0.1, 0.15) is 4.88 Å². The van der Waals surface area contributed by atoms with Gasteiger partial charge < -0.3 is 10.4 Å². The number of thioether (sulfide) groups is 1. The molecule has 0 saturated carbocycles. The number of aliphatic hydroxyl groups excluding tert-OH is 1. The van der Waals surface area contributed by atoms with E-state index in [9.17, 15) is 9.90 Å². The van der Waals surface area contributed by atoms with E-state index >= 15 is 0 Å². The second-order valence-corrected chi connectivity index (χ2v) is 6.50. The topological polar surface area (TPSA) is 49.3 Å².